The maximum Gasteiger partial charge on any atom is 0.289 e. The lowest BCUT2D eigenvalue weighted by Gasteiger charge is -2.15. The molecule has 5 heteroatoms. The van der Waals surface area contributed by atoms with Crippen LogP contribution in [0, 0.1) is 0 Å². The van der Waals surface area contributed by atoms with Gasteiger partial charge in [-0.3, -0.25) is 19.5 Å². The Labute approximate surface area is 98.0 Å². The molecule has 2 amide bonds. The van der Waals surface area contributed by atoms with E-state index in [9.17, 15) is 9.59 Å². The van der Waals surface area contributed by atoms with Crippen LogP contribution in [0.1, 0.15) is 19.4 Å². The molecule has 0 unspecified atom stereocenters. The van der Waals surface area contributed by atoms with Gasteiger partial charge in [0, 0.05) is 12.4 Å². The van der Waals surface area contributed by atoms with Gasteiger partial charge in [-0.2, -0.15) is 0 Å². The maximum absolute atomic E-state index is 11.9. The number of amides is 2. The summed E-state index contributed by atoms with van der Waals surface area (Å²) in [6, 6.07) is 3.64. The number of nitrogens with zero attached hydrogens (tertiary/aromatic N) is 2. The van der Waals surface area contributed by atoms with E-state index in [1.807, 2.05) is 6.07 Å². The van der Waals surface area contributed by atoms with E-state index in [0.717, 1.165) is 17.3 Å². The van der Waals surface area contributed by atoms with Crippen LogP contribution >= 0.6 is 11.8 Å². The number of carbonyl (C=O) groups is 2. The monoisotopic (exact) mass is 236 g/mol. The second kappa shape index (κ2) is 3.90. The van der Waals surface area contributed by atoms with Crippen molar-refractivity contribution < 1.29 is 9.59 Å². The van der Waals surface area contributed by atoms with Gasteiger partial charge in [0.15, 0.2) is 0 Å². The fourth-order valence-electron chi connectivity index (χ4n) is 1.54. The zero-order valence-electron chi connectivity index (χ0n) is 9.14. The predicted molar refractivity (Wildman–Crippen MR) is 61.9 cm³/mol. The van der Waals surface area contributed by atoms with Crippen LogP contribution in [0.3, 0.4) is 0 Å². The Hall–Kier alpha value is -1.36. The first-order chi connectivity index (χ1) is 7.50. The first kappa shape index (κ1) is 11.1. The third-order valence-electron chi connectivity index (χ3n) is 2.39. The molecular weight excluding hydrogens is 224 g/mol. The standard InChI is InChI=1S/C11H12N2O2S/c1-11(2)9(14)13(10(15)16-11)7-8-4-3-5-12-6-8/h3-6H,7H2,1-2H3. The van der Waals surface area contributed by atoms with Crippen LogP contribution in [0.5, 0.6) is 0 Å². The second-order valence-electron chi connectivity index (χ2n) is 4.13. The Morgan fingerprint density at radius 3 is 2.69 bits per heavy atom. The van der Waals surface area contributed by atoms with Crippen LogP contribution < -0.4 is 0 Å². The van der Waals surface area contributed by atoms with Crippen LogP contribution in [-0.2, 0) is 11.3 Å². The lowest BCUT2D eigenvalue weighted by atomic mass is 10.1. The van der Waals surface area contributed by atoms with E-state index in [2.05, 4.69) is 4.98 Å². The highest BCUT2D eigenvalue weighted by atomic mass is 32.2. The average Bonchev–Trinajstić information content (AvgIpc) is 2.42. The number of hydrogen-bond acceptors (Lipinski definition) is 4. The van der Waals surface area contributed by atoms with Gasteiger partial charge in [-0.05, 0) is 37.2 Å². The highest BCUT2D eigenvalue weighted by Crippen LogP contribution is 2.37. The van der Waals surface area contributed by atoms with Gasteiger partial charge in [-0.15, -0.1) is 0 Å². The normalized spacial score (nSPS) is 19.2. The highest BCUT2D eigenvalue weighted by molar-refractivity contribution is 8.16. The topological polar surface area (TPSA) is 50.3 Å². The van der Waals surface area contributed by atoms with Crippen molar-refractivity contribution in [1.82, 2.24) is 9.88 Å². The summed E-state index contributed by atoms with van der Waals surface area (Å²) in [6.07, 6.45) is 3.33. The molecule has 0 radical (unpaired) electrons. The molecule has 1 fully saturated rings. The lowest BCUT2D eigenvalue weighted by molar-refractivity contribution is -0.129. The van der Waals surface area contributed by atoms with Gasteiger partial charge in [0.2, 0.25) is 5.91 Å². The minimum atomic E-state index is -0.640. The summed E-state index contributed by atoms with van der Waals surface area (Å²) in [6.45, 7) is 3.84. The summed E-state index contributed by atoms with van der Waals surface area (Å²) in [5.74, 6) is -0.133. The molecule has 1 saturated heterocycles. The van der Waals surface area contributed by atoms with E-state index in [-0.39, 0.29) is 11.1 Å². The van der Waals surface area contributed by atoms with Crippen LogP contribution in [-0.4, -0.2) is 25.8 Å². The smallest absolute Gasteiger partial charge is 0.273 e. The summed E-state index contributed by atoms with van der Waals surface area (Å²) < 4.78 is -0.640. The van der Waals surface area contributed by atoms with Crippen molar-refractivity contribution in [2.75, 3.05) is 0 Å². The number of hydrogen-bond donors (Lipinski definition) is 0. The molecule has 0 atom stereocenters. The molecule has 0 spiro atoms. The third kappa shape index (κ3) is 1.95. The molecular formula is C11H12N2O2S. The summed E-state index contributed by atoms with van der Waals surface area (Å²) >= 11 is 1.08. The Morgan fingerprint density at radius 2 is 2.19 bits per heavy atom. The van der Waals surface area contributed by atoms with Crippen molar-refractivity contribution >= 4 is 22.9 Å². The average molecular weight is 236 g/mol. The molecule has 2 rings (SSSR count). The van der Waals surface area contributed by atoms with Crippen LogP contribution in [0.25, 0.3) is 0 Å². The van der Waals surface area contributed by atoms with Crippen molar-refractivity contribution in [2.24, 2.45) is 0 Å². The van der Waals surface area contributed by atoms with E-state index in [1.165, 1.54) is 4.90 Å². The van der Waals surface area contributed by atoms with Crippen molar-refractivity contribution in [1.29, 1.82) is 0 Å². The molecule has 16 heavy (non-hydrogen) atoms. The number of imide groups is 1. The first-order valence-electron chi connectivity index (χ1n) is 4.94. The number of aromatic nitrogens is 1. The number of carbonyl (C=O) groups excluding carboxylic acids is 2. The summed E-state index contributed by atoms with van der Waals surface area (Å²) in [5, 5.41) is -0.182. The summed E-state index contributed by atoms with van der Waals surface area (Å²) in [5.41, 5.74) is 0.863. The van der Waals surface area contributed by atoms with Crippen LogP contribution in [0.2, 0.25) is 0 Å². The number of thioether (sulfide) groups is 1. The second-order valence-corrected chi connectivity index (χ2v) is 5.70. The van der Waals surface area contributed by atoms with Crippen molar-refractivity contribution in [2.45, 2.75) is 25.1 Å². The van der Waals surface area contributed by atoms with Gasteiger partial charge < -0.3 is 0 Å². The zero-order chi connectivity index (χ0) is 11.8. The van der Waals surface area contributed by atoms with Gasteiger partial charge >= 0.3 is 0 Å². The summed E-state index contributed by atoms with van der Waals surface area (Å²) in [4.78, 5) is 28.8. The van der Waals surface area contributed by atoms with Gasteiger partial charge in [0.25, 0.3) is 5.24 Å². The quantitative estimate of drug-likeness (QED) is 0.788. The summed E-state index contributed by atoms with van der Waals surface area (Å²) in [7, 11) is 0. The molecule has 0 aliphatic carbocycles. The Balaban J connectivity index is 2.18. The molecule has 4 nitrogen and oxygen atoms in total. The van der Waals surface area contributed by atoms with Crippen LogP contribution in [0.4, 0.5) is 4.79 Å². The van der Waals surface area contributed by atoms with Crippen molar-refractivity contribution in [3.8, 4) is 0 Å². The van der Waals surface area contributed by atoms with Gasteiger partial charge in [0.05, 0.1) is 11.3 Å². The van der Waals surface area contributed by atoms with E-state index in [1.54, 1.807) is 32.3 Å². The molecule has 0 N–H and O–H groups in total. The fraction of sp³-hybridized carbons (Fsp3) is 0.364. The Kier molecular flexibility index (Phi) is 2.71. The minimum absolute atomic E-state index is 0.133. The van der Waals surface area contributed by atoms with E-state index in [4.69, 9.17) is 0 Å². The molecule has 0 saturated carbocycles. The molecule has 84 valence electrons. The number of rotatable bonds is 2. The lowest BCUT2D eigenvalue weighted by Crippen LogP contribution is -2.35. The molecule has 1 aliphatic rings. The van der Waals surface area contributed by atoms with Crippen molar-refractivity contribution in [3.05, 3.63) is 30.1 Å². The Bertz CT molecular complexity index is 431. The third-order valence-corrected chi connectivity index (χ3v) is 3.47. The van der Waals surface area contributed by atoms with Gasteiger partial charge in [-0.1, -0.05) is 6.07 Å². The zero-order valence-corrected chi connectivity index (χ0v) is 9.95. The number of pyridine rings is 1. The van der Waals surface area contributed by atoms with Crippen molar-refractivity contribution in [3.63, 3.8) is 0 Å². The predicted octanol–water partition coefficient (Wildman–Crippen LogP) is 2.06. The first-order valence-corrected chi connectivity index (χ1v) is 5.76. The van der Waals surface area contributed by atoms with E-state index in [0.29, 0.717) is 6.54 Å². The molecule has 2 heterocycles. The minimum Gasteiger partial charge on any atom is -0.273 e. The molecule has 0 aromatic carbocycles. The van der Waals surface area contributed by atoms with Gasteiger partial charge in [-0.25, -0.2) is 0 Å². The van der Waals surface area contributed by atoms with Gasteiger partial charge in [0.1, 0.15) is 0 Å². The van der Waals surface area contributed by atoms with E-state index >= 15 is 0 Å². The molecule has 1 aromatic rings. The molecule has 0 bridgehead atoms. The largest absolute Gasteiger partial charge is 0.289 e. The van der Waals surface area contributed by atoms with Crippen LogP contribution in [0.15, 0.2) is 24.5 Å². The molecule has 1 aliphatic heterocycles. The fourth-order valence-corrected chi connectivity index (χ4v) is 2.43. The Morgan fingerprint density at radius 1 is 1.44 bits per heavy atom. The molecule has 1 aromatic heterocycles. The SMILES string of the molecule is CC1(C)SC(=O)N(Cc2cccnc2)C1=O. The maximum atomic E-state index is 11.9. The highest BCUT2D eigenvalue weighted by Gasteiger charge is 2.45. The van der Waals surface area contributed by atoms with E-state index < -0.39 is 4.75 Å².